The molecule has 0 fully saturated rings. The number of rotatable bonds is 8. The zero-order valence-corrected chi connectivity index (χ0v) is 14.2. The SMILES string of the molecule is C[C@H](COC[C@@H](C)Sc1ccccc1)Sc1ccccc1. The lowest BCUT2D eigenvalue weighted by Crippen LogP contribution is -2.14. The average Bonchev–Trinajstić information content (AvgIpc) is 2.49. The minimum absolute atomic E-state index is 0.473. The van der Waals surface area contributed by atoms with Crippen molar-refractivity contribution in [3.63, 3.8) is 0 Å². The Morgan fingerprint density at radius 3 is 1.48 bits per heavy atom. The molecule has 112 valence electrons. The third-order valence-corrected chi connectivity index (χ3v) is 5.03. The highest BCUT2D eigenvalue weighted by Crippen LogP contribution is 2.24. The smallest absolute Gasteiger partial charge is 0.0586 e. The van der Waals surface area contributed by atoms with Gasteiger partial charge >= 0.3 is 0 Å². The van der Waals surface area contributed by atoms with Gasteiger partial charge in [-0.2, -0.15) is 0 Å². The predicted molar refractivity (Wildman–Crippen MR) is 94.3 cm³/mol. The monoisotopic (exact) mass is 318 g/mol. The second kappa shape index (κ2) is 9.19. The highest BCUT2D eigenvalue weighted by molar-refractivity contribution is 8.00. The van der Waals surface area contributed by atoms with Crippen LogP contribution in [0.15, 0.2) is 70.5 Å². The van der Waals surface area contributed by atoms with Gasteiger partial charge in [0.05, 0.1) is 13.2 Å². The minimum atomic E-state index is 0.473. The molecule has 2 aromatic rings. The quantitative estimate of drug-likeness (QED) is 0.606. The standard InChI is InChI=1S/C18H22OS2/c1-15(20-17-9-5-3-6-10-17)13-19-14-16(2)21-18-11-7-4-8-12-18/h3-12,15-16H,13-14H2,1-2H3/t15-,16-/m1/s1. The van der Waals surface area contributed by atoms with Crippen molar-refractivity contribution >= 4 is 23.5 Å². The Balaban J connectivity index is 1.64. The summed E-state index contributed by atoms with van der Waals surface area (Å²) in [5, 5.41) is 0.947. The Bertz CT molecular complexity index is 454. The van der Waals surface area contributed by atoms with E-state index in [0.717, 1.165) is 13.2 Å². The molecule has 2 rings (SSSR count). The molecule has 1 nitrogen and oxygen atoms in total. The predicted octanol–water partition coefficient (Wildman–Crippen LogP) is 5.36. The summed E-state index contributed by atoms with van der Waals surface area (Å²) in [6.45, 7) is 6.01. The first-order valence-corrected chi connectivity index (χ1v) is 9.01. The molecule has 0 bridgehead atoms. The fourth-order valence-corrected chi connectivity index (χ4v) is 3.82. The van der Waals surface area contributed by atoms with E-state index >= 15 is 0 Å². The molecule has 21 heavy (non-hydrogen) atoms. The molecular weight excluding hydrogens is 296 g/mol. The van der Waals surface area contributed by atoms with Crippen LogP contribution in [0.1, 0.15) is 13.8 Å². The van der Waals surface area contributed by atoms with Crippen LogP contribution in [0.2, 0.25) is 0 Å². The summed E-state index contributed by atoms with van der Waals surface area (Å²) in [6.07, 6.45) is 0. The molecule has 0 unspecified atom stereocenters. The first-order valence-electron chi connectivity index (χ1n) is 7.25. The number of thioether (sulfide) groups is 2. The van der Waals surface area contributed by atoms with E-state index in [9.17, 15) is 0 Å². The second-order valence-corrected chi connectivity index (χ2v) is 8.04. The fraction of sp³-hybridized carbons (Fsp3) is 0.333. The molecule has 0 aliphatic rings. The molecule has 0 aliphatic carbocycles. The van der Waals surface area contributed by atoms with Crippen molar-refractivity contribution in [2.75, 3.05) is 13.2 Å². The Labute approximate surface area is 136 Å². The first-order chi connectivity index (χ1) is 10.2. The third-order valence-electron chi connectivity index (χ3n) is 2.87. The maximum Gasteiger partial charge on any atom is 0.0586 e. The zero-order chi connectivity index (χ0) is 14.9. The Kier molecular flexibility index (Phi) is 7.20. The van der Waals surface area contributed by atoms with Crippen LogP contribution in [0.25, 0.3) is 0 Å². The number of hydrogen-bond acceptors (Lipinski definition) is 3. The van der Waals surface area contributed by atoms with Crippen LogP contribution in [0.4, 0.5) is 0 Å². The molecule has 0 aromatic heterocycles. The normalized spacial score (nSPS) is 13.8. The summed E-state index contributed by atoms with van der Waals surface area (Å²) < 4.78 is 5.86. The topological polar surface area (TPSA) is 9.23 Å². The van der Waals surface area contributed by atoms with Crippen molar-refractivity contribution in [3.8, 4) is 0 Å². The summed E-state index contributed by atoms with van der Waals surface area (Å²) in [7, 11) is 0. The van der Waals surface area contributed by atoms with Crippen molar-refractivity contribution in [1.82, 2.24) is 0 Å². The van der Waals surface area contributed by atoms with Gasteiger partial charge in [-0.25, -0.2) is 0 Å². The summed E-state index contributed by atoms with van der Waals surface area (Å²) in [5.74, 6) is 0. The molecule has 0 aliphatic heterocycles. The van der Waals surface area contributed by atoms with E-state index in [1.54, 1.807) is 0 Å². The number of benzene rings is 2. The minimum Gasteiger partial charge on any atom is -0.379 e. The van der Waals surface area contributed by atoms with Crippen molar-refractivity contribution in [1.29, 1.82) is 0 Å². The van der Waals surface area contributed by atoms with Crippen LogP contribution < -0.4 is 0 Å². The summed E-state index contributed by atoms with van der Waals surface area (Å²) in [4.78, 5) is 2.61. The maximum atomic E-state index is 5.86. The largest absolute Gasteiger partial charge is 0.379 e. The van der Waals surface area contributed by atoms with E-state index in [-0.39, 0.29) is 0 Å². The lowest BCUT2D eigenvalue weighted by atomic mass is 10.4. The van der Waals surface area contributed by atoms with Gasteiger partial charge in [-0.1, -0.05) is 50.2 Å². The van der Waals surface area contributed by atoms with Gasteiger partial charge in [0.1, 0.15) is 0 Å². The van der Waals surface area contributed by atoms with Gasteiger partial charge in [0, 0.05) is 20.3 Å². The van der Waals surface area contributed by atoms with Crippen molar-refractivity contribution in [2.45, 2.75) is 34.1 Å². The van der Waals surface area contributed by atoms with Gasteiger partial charge in [0.2, 0.25) is 0 Å². The Morgan fingerprint density at radius 1 is 0.714 bits per heavy atom. The Morgan fingerprint density at radius 2 is 1.10 bits per heavy atom. The molecule has 2 aromatic carbocycles. The summed E-state index contributed by atoms with van der Waals surface area (Å²) in [6, 6.07) is 21.0. The third kappa shape index (κ3) is 6.60. The number of hydrogen-bond donors (Lipinski definition) is 0. The van der Waals surface area contributed by atoms with Gasteiger partial charge in [0.15, 0.2) is 0 Å². The van der Waals surface area contributed by atoms with Gasteiger partial charge in [-0.15, -0.1) is 23.5 Å². The van der Waals surface area contributed by atoms with E-state index in [4.69, 9.17) is 4.74 Å². The fourth-order valence-electron chi connectivity index (χ4n) is 1.93. The van der Waals surface area contributed by atoms with Crippen LogP contribution in [-0.4, -0.2) is 23.7 Å². The van der Waals surface area contributed by atoms with Gasteiger partial charge in [-0.3, -0.25) is 0 Å². The molecule has 0 heterocycles. The molecule has 0 N–H and O–H groups in total. The van der Waals surface area contributed by atoms with Gasteiger partial charge in [-0.05, 0) is 24.3 Å². The summed E-state index contributed by atoms with van der Waals surface area (Å²) >= 11 is 3.73. The molecule has 0 saturated heterocycles. The Hall–Kier alpha value is -0.900. The van der Waals surface area contributed by atoms with Crippen molar-refractivity contribution in [3.05, 3.63) is 60.7 Å². The van der Waals surface area contributed by atoms with Crippen LogP contribution in [-0.2, 0) is 4.74 Å². The van der Waals surface area contributed by atoms with Crippen molar-refractivity contribution in [2.24, 2.45) is 0 Å². The summed E-state index contributed by atoms with van der Waals surface area (Å²) in [5.41, 5.74) is 0. The molecule has 2 atom stereocenters. The molecule has 0 spiro atoms. The van der Waals surface area contributed by atoms with Crippen LogP contribution >= 0.6 is 23.5 Å². The van der Waals surface area contributed by atoms with E-state index in [1.165, 1.54) is 9.79 Å². The van der Waals surface area contributed by atoms with Crippen LogP contribution in [0.3, 0.4) is 0 Å². The van der Waals surface area contributed by atoms with Gasteiger partial charge in [0.25, 0.3) is 0 Å². The average molecular weight is 319 g/mol. The van der Waals surface area contributed by atoms with E-state index < -0.39 is 0 Å². The zero-order valence-electron chi connectivity index (χ0n) is 12.6. The lowest BCUT2D eigenvalue weighted by Gasteiger charge is -2.15. The molecule has 0 saturated carbocycles. The van der Waals surface area contributed by atoms with E-state index in [0.29, 0.717) is 10.5 Å². The highest BCUT2D eigenvalue weighted by atomic mass is 32.2. The molecule has 3 heteroatoms. The first kappa shape index (κ1) is 16.5. The van der Waals surface area contributed by atoms with E-state index in [2.05, 4.69) is 62.4 Å². The highest BCUT2D eigenvalue weighted by Gasteiger charge is 2.08. The molecule has 0 amide bonds. The number of ether oxygens (including phenoxy) is 1. The van der Waals surface area contributed by atoms with E-state index in [1.807, 2.05) is 35.7 Å². The van der Waals surface area contributed by atoms with Gasteiger partial charge < -0.3 is 4.74 Å². The molecular formula is C18H22OS2. The maximum absolute atomic E-state index is 5.86. The lowest BCUT2D eigenvalue weighted by molar-refractivity contribution is 0.141. The second-order valence-electron chi connectivity index (χ2n) is 5.02. The van der Waals surface area contributed by atoms with Crippen molar-refractivity contribution < 1.29 is 4.74 Å². The van der Waals surface area contributed by atoms with Crippen LogP contribution in [0, 0.1) is 0 Å². The van der Waals surface area contributed by atoms with Crippen LogP contribution in [0.5, 0.6) is 0 Å². The molecule has 0 radical (unpaired) electrons.